The fourth-order valence-electron chi connectivity index (χ4n) is 2.82. The van der Waals surface area contributed by atoms with Crippen LogP contribution in [0.1, 0.15) is 18.1 Å². The average Bonchev–Trinajstić information content (AvgIpc) is 3.00. The van der Waals surface area contributed by atoms with Gasteiger partial charge < -0.3 is 14.8 Å². The number of benzene rings is 2. The van der Waals surface area contributed by atoms with Gasteiger partial charge in [0.25, 0.3) is 11.6 Å². The van der Waals surface area contributed by atoms with E-state index < -0.39 is 16.9 Å². The number of hydrogen-bond acceptors (Lipinski definition) is 6. The molecule has 30 heavy (non-hydrogen) atoms. The van der Waals surface area contributed by atoms with Gasteiger partial charge in [-0.3, -0.25) is 19.8 Å². The van der Waals surface area contributed by atoms with Gasteiger partial charge in [0.05, 0.1) is 12.0 Å². The number of ether oxygens (including phenoxy) is 2. The molecule has 3 amide bonds. The standard InChI is InChI=1S/C20H18BrN3O6/c1-3-23-19(25)16(22-20(23)26)8-13-9-17(29-2)18(10-15(13)21)30-11-12-4-6-14(7-5-12)24(27)28/h4-10H,3,11H2,1-2H3,(H,22,26)/b16-8+. The Bertz CT molecular complexity index is 1040. The summed E-state index contributed by atoms with van der Waals surface area (Å²) in [7, 11) is 1.49. The Kier molecular flexibility index (Phi) is 6.36. The summed E-state index contributed by atoms with van der Waals surface area (Å²) in [5.41, 5.74) is 1.55. The molecule has 0 spiro atoms. The van der Waals surface area contributed by atoms with Gasteiger partial charge in [-0.2, -0.15) is 0 Å². The first-order valence-corrected chi connectivity index (χ1v) is 9.71. The molecule has 1 N–H and O–H groups in total. The zero-order chi connectivity index (χ0) is 21.8. The van der Waals surface area contributed by atoms with Crippen molar-refractivity contribution in [3.8, 4) is 11.5 Å². The largest absolute Gasteiger partial charge is 0.493 e. The monoisotopic (exact) mass is 475 g/mol. The maximum absolute atomic E-state index is 12.3. The highest BCUT2D eigenvalue weighted by atomic mass is 79.9. The summed E-state index contributed by atoms with van der Waals surface area (Å²) in [4.78, 5) is 35.5. The molecule has 2 aromatic rings. The van der Waals surface area contributed by atoms with Gasteiger partial charge >= 0.3 is 6.03 Å². The smallest absolute Gasteiger partial charge is 0.328 e. The van der Waals surface area contributed by atoms with Crippen LogP contribution < -0.4 is 14.8 Å². The van der Waals surface area contributed by atoms with Gasteiger partial charge in [0.1, 0.15) is 12.3 Å². The van der Waals surface area contributed by atoms with Gasteiger partial charge in [-0.1, -0.05) is 15.9 Å². The van der Waals surface area contributed by atoms with Crippen LogP contribution in [0.4, 0.5) is 10.5 Å². The van der Waals surface area contributed by atoms with Crippen LogP contribution in [0.15, 0.2) is 46.6 Å². The molecule has 3 rings (SSSR count). The van der Waals surface area contributed by atoms with E-state index in [9.17, 15) is 19.7 Å². The number of carbonyl (C=O) groups excluding carboxylic acids is 2. The van der Waals surface area contributed by atoms with Crippen molar-refractivity contribution in [1.82, 2.24) is 10.2 Å². The molecule has 10 heteroatoms. The molecule has 1 fully saturated rings. The topological polar surface area (TPSA) is 111 Å². The summed E-state index contributed by atoms with van der Waals surface area (Å²) >= 11 is 3.44. The van der Waals surface area contributed by atoms with Crippen molar-refractivity contribution in [3.63, 3.8) is 0 Å². The van der Waals surface area contributed by atoms with E-state index in [0.29, 0.717) is 21.5 Å². The van der Waals surface area contributed by atoms with Crippen molar-refractivity contribution < 1.29 is 24.0 Å². The zero-order valence-electron chi connectivity index (χ0n) is 16.2. The Morgan fingerprint density at radius 1 is 1.20 bits per heavy atom. The van der Waals surface area contributed by atoms with Crippen molar-refractivity contribution >= 4 is 39.6 Å². The average molecular weight is 476 g/mol. The number of likely N-dealkylation sites (N-methyl/N-ethyl adjacent to an activating group) is 1. The number of hydrogen-bond donors (Lipinski definition) is 1. The van der Waals surface area contributed by atoms with Gasteiger partial charge in [-0.25, -0.2) is 4.79 Å². The van der Waals surface area contributed by atoms with Gasteiger partial charge in [-0.05, 0) is 48.4 Å². The maximum Gasteiger partial charge on any atom is 0.328 e. The summed E-state index contributed by atoms with van der Waals surface area (Å²) in [5, 5.41) is 13.3. The lowest BCUT2D eigenvalue weighted by molar-refractivity contribution is -0.384. The van der Waals surface area contributed by atoms with Crippen LogP contribution >= 0.6 is 15.9 Å². The number of carbonyl (C=O) groups is 2. The van der Waals surface area contributed by atoms with Crippen molar-refractivity contribution in [1.29, 1.82) is 0 Å². The highest BCUT2D eigenvalue weighted by Gasteiger charge is 2.32. The summed E-state index contributed by atoms with van der Waals surface area (Å²) < 4.78 is 11.8. The maximum atomic E-state index is 12.3. The minimum atomic E-state index is -0.463. The lowest BCUT2D eigenvalue weighted by atomic mass is 10.1. The molecular weight excluding hydrogens is 458 g/mol. The number of nitrogens with one attached hydrogen (secondary N) is 1. The van der Waals surface area contributed by atoms with Crippen LogP contribution in [0.3, 0.4) is 0 Å². The molecule has 0 atom stereocenters. The number of non-ortho nitro benzene ring substituents is 1. The van der Waals surface area contributed by atoms with E-state index in [0.717, 1.165) is 10.5 Å². The van der Waals surface area contributed by atoms with Crippen LogP contribution in [-0.4, -0.2) is 35.4 Å². The molecule has 1 aliphatic heterocycles. The number of halogens is 1. The van der Waals surface area contributed by atoms with Crippen LogP contribution in [-0.2, 0) is 11.4 Å². The predicted octanol–water partition coefficient (Wildman–Crippen LogP) is 3.86. The SMILES string of the molecule is CCN1C(=O)N/C(=C/c2cc(OC)c(OCc3ccc([N+](=O)[O-])cc3)cc2Br)C1=O. The molecule has 0 radical (unpaired) electrons. The van der Waals surface area contributed by atoms with E-state index in [-0.39, 0.29) is 24.5 Å². The quantitative estimate of drug-likeness (QED) is 0.281. The van der Waals surface area contributed by atoms with E-state index in [2.05, 4.69) is 21.2 Å². The summed E-state index contributed by atoms with van der Waals surface area (Å²) in [6, 6.07) is 8.96. The number of nitrogens with zero attached hydrogens (tertiary/aromatic N) is 2. The second kappa shape index (κ2) is 8.95. The third-order valence-electron chi connectivity index (χ3n) is 4.40. The molecule has 1 aliphatic rings. The minimum absolute atomic E-state index is 0.00616. The number of amides is 3. The molecule has 2 aromatic carbocycles. The lowest BCUT2D eigenvalue weighted by Gasteiger charge is -2.13. The van der Waals surface area contributed by atoms with Crippen LogP contribution in [0.5, 0.6) is 11.5 Å². The first-order valence-electron chi connectivity index (χ1n) is 8.92. The Morgan fingerprint density at radius 3 is 2.47 bits per heavy atom. The van der Waals surface area contributed by atoms with Crippen molar-refractivity contribution in [2.45, 2.75) is 13.5 Å². The molecule has 0 unspecified atom stereocenters. The van der Waals surface area contributed by atoms with E-state index in [1.54, 1.807) is 37.3 Å². The molecule has 0 saturated carbocycles. The molecule has 1 saturated heterocycles. The molecule has 156 valence electrons. The number of nitro benzene ring substituents is 1. The fraction of sp³-hybridized carbons (Fsp3) is 0.200. The van der Waals surface area contributed by atoms with E-state index in [1.807, 2.05) is 0 Å². The first-order chi connectivity index (χ1) is 14.3. The first kappa shape index (κ1) is 21.3. The zero-order valence-corrected chi connectivity index (χ0v) is 17.8. The van der Waals surface area contributed by atoms with Crippen molar-refractivity contribution in [3.05, 3.63) is 67.8 Å². The Hall–Kier alpha value is -3.40. The lowest BCUT2D eigenvalue weighted by Crippen LogP contribution is -2.30. The van der Waals surface area contributed by atoms with Gasteiger partial charge in [0.15, 0.2) is 11.5 Å². The minimum Gasteiger partial charge on any atom is -0.493 e. The second-order valence-corrected chi connectivity index (χ2v) is 7.13. The molecular formula is C20H18BrN3O6. The third-order valence-corrected chi connectivity index (χ3v) is 5.09. The van der Waals surface area contributed by atoms with Crippen molar-refractivity contribution in [2.75, 3.05) is 13.7 Å². The van der Waals surface area contributed by atoms with Gasteiger partial charge in [-0.15, -0.1) is 0 Å². The van der Waals surface area contributed by atoms with Gasteiger partial charge in [0.2, 0.25) is 0 Å². The van der Waals surface area contributed by atoms with Crippen molar-refractivity contribution in [2.24, 2.45) is 0 Å². The summed E-state index contributed by atoms with van der Waals surface area (Å²) in [6.07, 6.45) is 1.56. The van der Waals surface area contributed by atoms with Crippen LogP contribution in [0.25, 0.3) is 6.08 Å². The van der Waals surface area contributed by atoms with Crippen LogP contribution in [0, 0.1) is 10.1 Å². The van der Waals surface area contributed by atoms with Gasteiger partial charge in [0, 0.05) is 23.2 Å². The highest BCUT2D eigenvalue weighted by molar-refractivity contribution is 9.10. The number of imide groups is 1. The van der Waals surface area contributed by atoms with E-state index >= 15 is 0 Å². The third kappa shape index (κ3) is 4.43. The summed E-state index contributed by atoms with van der Waals surface area (Å²) in [6.45, 7) is 2.18. The number of urea groups is 1. The molecule has 9 nitrogen and oxygen atoms in total. The summed E-state index contributed by atoms with van der Waals surface area (Å²) in [5.74, 6) is 0.477. The second-order valence-electron chi connectivity index (χ2n) is 6.27. The normalized spacial score (nSPS) is 14.8. The number of nitro groups is 1. The fourth-order valence-corrected chi connectivity index (χ4v) is 3.26. The molecule has 0 bridgehead atoms. The number of rotatable bonds is 7. The Morgan fingerprint density at radius 2 is 1.90 bits per heavy atom. The van der Waals surface area contributed by atoms with E-state index in [4.69, 9.17) is 9.47 Å². The molecule has 1 heterocycles. The number of methoxy groups -OCH3 is 1. The van der Waals surface area contributed by atoms with Crippen LogP contribution in [0.2, 0.25) is 0 Å². The Balaban J connectivity index is 1.80. The van der Waals surface area contributed by atoms with E-state index in [1.165, 1.54) is 19.2 Å². The highest BCUT2D eigenvalue weighted by Crippen LogP contribution is 2.35. The predicted molar refractivity (Wildman–Crippen MR) is 112 cm³/mol. The Labute approximate surface area is 180 Å². The molecule has 0 aromatic heterocycles. The molecule has 0 aliphatic carbocycles.